The standard InChI is InChI=1S/C11H14BrN7S/c1-2-5-13-9-8(12)10(15-6-14-9)20-11-16-17-18-19(11)7-3-4-7/h6-7H,2-5H2,1H3,(H,13,14,15). The molecule has 0 radical (unpaired) electrons. The minimum Gasteiger partial charge on any atom is -0.369 e. The predicted molar refractivity (Wildman–Crippen MR) is 78.7 cm³/mol. The van der Waals surface area contributed by atoms with Gasteiger partial charge in [0.2, 0.25) is 5.16 Å². The Labute approximate surface area is 129 Å². The average molecular weight is 356 g/mol. The van der Waals surface area contributed by atoms with Crippen molar-refractivity contribution in [3.05, 3.63) is 10.8 Å². The maximum atomic E-state index is 4.30. The molecule has 1 saturated carbocycles. The van der Waals surface area contributed by atoms with Gasteiger partial charge in [0.15, 0.2) is 0 Å². The van der Waals surface area contributed by atoms with Gasteiger partial charge in [0.05, 0.1) is 10.5 Å². The second-order valence-electron chi connectivity index (χ2n) is 4.51. The molecule has 2 aromatic rings. The predicted octanol–water partition coefficient (Wildman–Crippen LogP) is 2.53. The molecule has 0 bridgehead atoms. The van der Waals surface area contributed by atoms with Crippen LogP contribution in [0, 0.1) is 0 Å². The Balaban J connectivity index is 1.81. The van der Waals surface area contributed by atoms with Crippen LogP contribution in [0.2, 0.25) is 0 Å². The van der Waals surface area contributed by atoms with Crippen molar-refractivity contribution in [1.82, 2.24) is 30.2 Å². The molecule has 0 amide bonds. The van der Waals surface area contributed by atoms with Gasteiger partial charge in [-0.15, -0.1) is 5.10 Å². The first kappa shape index (κ1) is 13.7. The molecule has 2 aromatic heterocycles. The molecule has 20 heavy (non-hydrogen) atoms. The normalized spacial score (nSPS) is 14.5. The first-order valence-corrected chi connectivity index (χ1v) is 8.10. The summed E-state index contributed by atoms with van der Waals surface area (Å²) in [6.07, 6.45) is 4.88. The SMILES string of the molecule is CCCNc1ncnc(Sc2nnnn2C2CC2)c1Br. The van der Waals surface area contributed by atoms with E-state index in [2.05, 4.69) is 53.7 Å². The molecule has 7 nitrogen and oxygen atoms in total. The van der Waals surface area contributed by atoms with E-state index in [4.69, 9.17) is 0 Å². The fraction of sp³-hybridized carbons (Fsp3) is 0.545. The Morgan fingerprint density at radius 1 is 1.45 bits per heavy atom. The van der Waals surface area contributed by atoms with Crippen molar-refractivity contribution < 1.29 is 0 Å². The lowest BCUT2D eigenvalue weighted by atomic mass is 10.4. The molecular formula is C11H14BrN7S. The van der Waals surface area contributed by atoms with Crippen LogP contribution in [0.15, 0.2) is 21.0 Å². The number of nitrogens with one attached hydrogen (secondary N) is 1. The number of tetrazole rings is 1. The maximum Gasteiger partial charge on any atom is 0.215 e. The third-order valence-electron chi connectivity index (χ3n) is 2.84. The first-order chi connectivity index (χ1) is 9.79. The molecule has 0 atom stereocenters. The zero-order valence-electron chi connectivity index (χ0n) is 11.0. The molecule has 2 heterocycles. The average Bonchev–Trinajstić information content (AvgIpc) is 3.20. The van der Waals surface area contributed by atoms with Gasteiger partial charge in [-0.3, -0.25) is 0 Å². The number of nitrogens with zero attached hydrogens (tertiary/aromatic N) is 6. The summed E-state index contributed by atoms with van der Waals surface area (Å²) in [5.41, 5.74) is 0. The number of rotatable bonds is 6. The van der Waals surface area contributed by atoms with Gasteiger partial charge in [0.1, 0.15) is 17.2 Å². The summed E-state index contributed by atoms with van der Waals surface area (Å²) < 4.78 is 2.72. The molecule has 0 unspecified atom stereocenters. The van der Waals surface area contributed by atoms with E-state index in [1.54, 1.807) is 6.33 Å². The molecule has 0 aliphatic heterocycles. The van der Waals surface area contributed by atoms with Gasteiger partial charge < -0.3 is 5.32 Å². The Morgan fingerprint density at radius 3 is 3.05 bits per heavy atom. The zero-order chi connectivity index (χ0) is 13.9. The van der Waals surface area contributed by atoms with E-state index in [0.29, 0.717) is 6.04 Å². The number of aromatic nitrogens is 6. The molecule has 1 fully saturated rings. The monoisotopic (exact) mass is 355 g/mol. The van der Waals surface area contributed by atoms with E-state index in [1.807, 2.05) is 4.68 Å². The van der Waals surface area contributed by atoms with E-state index < -0.39 is 0 Å². The lowest BCUT2D eigenvalue weighted by molar-refractivity contribution is 0.565. The highest BCUT2D eigenvalue weighted by atomic mass is 79.9. The van der Waals surface area contributed by atoms with Crippen molar-refractivity contribution in [2.75, 3.05) is 11.9 Å². The fourth-order valence-corrected chi connectivity index (χ4v) is 3.08. The van der Waals surface area contributed by atoms with Crippen LogP contribution in [0.4, 0.5) is 5.82 Å². The largest absolute Gasteiger partial charge is 0.369 e. The Hall–Kier alpha value is -1.22. The Kier molecular flexibility index (Phi) is 4.16. The quantitative estimate of drug-likeness (QED) is 0.797. The molecule has 1 N–H and O–H groups in total. The Bertz CT molecular complexity index is 598. The van der Waals surface area contributed by atoms with Gasteiger partial charge in [0, 0.05) is 6.54 Å². The zero-order valence-corrected chi connectivity index (χ0v) is 13.4. The summed E-state index contributed by atoms with van der Waals surface area (Å²) >= 11 is 5.00. The highest BCUT2D eigenvalue weighted by molar-refractivity contribution is 9.10. The number of hydrogen-bond acceptors (Lipinski definition) is 7. The van der Waals surface area contributed by atoms with Gasteiger partial charge in [-0.05, 0) is 57.4 Å². The fourth-order valence-electron chi connectivity index (χ4n) is 1.68. The van der Waals surface area contributed by atoms with Gasteiger partial charge in [-0.1, -0.05) is 6.92 Å². The van der Waals surface area contributed by atoms with Crippen molar-refractivity contribution in [3.63, 3.8) is 0 Å². The lowest BCUT2D eigenvalue weighted by Gasteiger charge is -2.08. The number of halogens is 1. The third kappa shape index (κ3) is 2.93. The van der Waals surface area contributed by atoms with Crippen LogP contribution in [-0.4, -0.2) is 36.7 Å². The summed E-state index contributed by atoms with van der Waals surface area (Å²) in [5, 5.41) is 16.7. The molecule has 106 valence electrons. The van der Waals surface area contributed by atoms with Crippen LogP contribution < -0.4 is 5.32 Å². The number of anilines is 1. The van der Waals surface area contributed by atoms with Gasteiger partial charge in [-0.2, -0.15) is 0 Å². The summed E-state index contributed by atoms with van der Waals surface area (Å²) in [7, 11) is 0. The number of hydrogen-bond donors (Lipinski definition) is 1. The van der Waals surface area contributed by atoms with Gasteiger partial charge in [-0.25, -0.2) is 14.6 Å². The van der Waals surface area contributed by atoms with E-state index >= 15 is 0 Å². The van der Waals surface area contributed by atoms with Crippen molar-refractivity contribution in [2.24, 2.45) is 0 Å². The van der Waals surface area contributed by atoms with Crippen LogP contribution >= 0.6 is 27.7 Å². The van der Waals surface area contributed by atoms with E-state index in [1.165, 1.54) is 11.8 Å². The van der Waals surface area contributed by atoms with Gasteiger partial charge in [0.25, 0.3) is 0 Å². The topological polar surface area (TPSA) is 81.4 Å². The van der Waals surface area contributed by atoms with E-state index in [0.717, 1.165) is 46.3 Å². The minimum absolute atomic E-state index is 0.450. The second-order valence-corrected chi connectivity index (χ2v) is 6.26. The first-order valence-electron chi connectivity index (χ1n) is 6.49. The van der Waals surface area contributed by atoms with Crippen LogP contribution in [-0.2, 0) is 0 Å². The molecule has 9 heteroatoms. The van der Waals surface area contributed by atoms with Crippen LogP contribution in [0.1, 0.15) is 32.2 Å². The second kappa shape index (κ2) is 6.04. The molecule has 0 saturated heterocycles. The van der Waals surface area contributed by atoms with E-state index in [9.17, 15) is 0 Å². The van der Waals surface area contributed by atoms with Crippen LogP contribution in [0.25, 0.3) is 0 Å². The molecular weight excluding hydrogens is 342 g/mol. The molecule has 1 aliphatic carbocycles. The highest BCUT2D eigenvalue weighted by Crippen LogP contribution is 2.39. The van der Waals surface area contributed by atoms with E-state index in [-0.39, 0.29) is 0 Å². The maximum absolute atomic E-state index is 4.30. The molecule has 0 aromatic carbocycles. The summed E-state index contributed by atoms with van der Waals surface area (Å²) in [6.45, 7) is 2.99. The molecule has 3 rings (SSSR count). The molecule has 0 spiro atoms. The summed E-state index contributed by atoms with van der Waals surface area (Å²) in [5.74, 6) is 0.801. The summed E-state index contributed by atoms with van der Waals surface area (Å²) in [6, 6.07) is 0.450. The van der Waals surface area contributed by atoms with Crippen molar-refractivity contribution in [2.45, 2.75) is 42.4 Å². The highest BCUT2D eigenvalue weighted by Gasteiger charge is 2.28. The van der Waals surface area contributed by atoms with Crippen molar-refractivity contribution in [3.8, 4) is 0 Å². The van der Waals surface area contributed by atoms with Crippen LogP contribution in [0.5, 0.6) is 0 Å². The molecule has 1 aliphatic rings. The van der Waals surface area contributed by atoms with Crippen molar-refractivity contribution >= 4 is 33.5 Å². The summed E-state index contributed by atoms with van der Waals surface area (Å²) in [4.78, 5) is 8.53. The lowest BCUT2D eigenvalue weighted by Crippen LogP contribution is -2.04. The minimum atomic E-state index is 0.450. The third-order valence-corrected chi connectivity index (χ3v) is 4.81. The van der Waals surface area contributed by atoms with Crippen molar-refractivity contribution in [1.29, 1.82) is 0 Å². The van der Waals surface area contributed by atoms with Gasteiger partial charge >= 0.3 is 0 Å². The smallest absolute Gasteiger partial charge is 0.215 e. The van der Waals surface area contributed by atoms with Crippen LogP contribution in [0.3, 0.4) is 0 Å². The Morgan fingerprint density at radius 2 is 2.30 bits per heavy atom.